The molecule has 7 heteroatoms. The van der Waals surface area contributed by atoms with Gasteiger partial charge >= 0.3 is 16.3 Å². The fourth-order valence-corrected chi connectivity index (χ4v) is 4.09. The first-order valence-electron chi connectivity index (χ1n) is 7.16. The minimum Gasteiger partial charge on any atom is -0.444 e. The highest BCUT2D eigenvalue weighted by molar-refractivity contribution is 7.86. The highest BCUT2D eigenvalue weighted by atomic mass is 32.3. The highest BCUT2D eigenvalue weighted by Gasteiger charge is 2.45. The average molecular weight is 323 g/mol. The molecule has 1 aliphatic carbocycles. The van der Waals surface area contributed by atoms with E-state index in [1.54, 1.807) is 20.8 Å². The van der Waals surface area contributed by atoms with Crippen LogP contribution in [0.1, 0.15) is 60.3 Å². The van der Waals surface area contributed by atoms with Gasteiger partial charge in [0, 0.05) is 0 Å². The van der Waals surface area contributed by atoms with E-state index in [9.17, 15) is 17.1 Å². The molecule has 0 spiro atoms. The number of amides is 1. The third kappa shape index (κ3) is 6.63. The summed E-state index contributed by atoms with van der Waals surface area (Å²) in [7, 11) is -4.69. The number of hydrogen-bond donors (Lipinski definition) is 1. The van der Waals surface area contributed by atoms with Crippen molar-refractivity contribution in [1.82, 2.24) is 5.32 Å². The van der Waals surface area contributed by atoms with Gasteiger partial charge in [-0.15, -0.1) is 3.89 Å². The van der Waals surface area contributed by atoms with Crippen molar-refractivity contribution in [3.8, 4) is 0 Å². The van der Waals surface area contributed by atoms with Crippen LogP contribution < -0.4 is 5.32 Å². The summed E-state index contributed by atoms with van der Waals surface area (Å²) < 4.78 is 40.7. The van der Waals surface area contributed by atoms with Crippen molar-refractivity contribution >= 4 is 16.3 Å². The summed E-state index contributed by atoms with van der Waals surface area (Å²) in [5.74, 6) is -0.706. The molecule has 0 heterocycles. The quantitative estimate of drug-likeness (QED) is 0.810. The summed E-state index contributed by atoms with van der Waals surface area (Å²) in [5.41, 5.74) is -1.94. The first-order valence-corrected chi connectivity index (χ1v) is 8.71. The summed E-state index contributed by atoms with van der Waals surface area (Å²) in [6.45, 7) is 9.13. The van der Waals surface area contributed by atoms with Crippen molar-refractivity contribution in [2.75, 3.05) is 5.75 Å². The second-order valence-corrected chi connectivity index (χ2v) is 9.15. The Kier molecular flexibility index (Phi) is 4.98. The van der Waals surface area contributed by atoms with Crippen LogP contribution in [0.4, 0.5) is 8.68 Å². The Morgan fingerprint density at radius 2 is 1.86 bits per heavy atom. The summed E-state index contributed by atoms with van der Waals surface area (Å²) >= 11 is 0. The van der Waals surface area contributed by atoms with Gasteiger partial charge in [-0.05, 0) is 45.4 Å². The Bertz CT molecular complexity index is 496. The standard InChI is InChI=1S/C14H26FNO4S/c1-12(2,3)20-11(17)16-14(10-21(15,18)19)8-6-7-13(4,5)9-14/h6-10H2,1-5H3,(H,16,17). The van der Waals surface area contributed by atoms with Gasteiger partial charge in [-0.1, -0.05) is 20.3 Å². The normalized spacial score (nSPS) is 26.2. The number of carbonyl (C=O) groups is 1. The Labute approximate surface area is 126 Å². The third-order valence-electron chi connectivity index (χ3n) is 3.54. The molecule has 0 aromatic heterocycles. The Hall–Kier alpha value is -0.850. The van der Waals surface area contributed by atoms with Gasteiger partial charge in [-0.3, -0.25) is 0 Å². The molecule has 0 aliphatic heterocycles. The van der Waals surface area contributed by atoms with Gasteiger partial charge in [-0.2, -0.15) is 8.42 Å². The zero-order valence-electron chi connectivity index (χ0n) is 13.5. The van der Waals surface area contributed by atoms with E-state index in [0.29, 0.717) is 12.8 Å². The lowest BCUT2D eigenvalue weighted by Crippen LogP contribution is -2.57. The zero-order valence-corrected chi connectivity index (χ0v) is 14.3. The molecule has 1 N–H and O–H groups in total. The van der Waals surface area contributed by atoms with Crippen LogP contribution in [0, 0.1) is 5.41 Å². The van der Waals surface area contributed by atoms with Crippen molar-refractivity contribution in [3.05, 3.63) is 0 Å². The molecule has 1 amide bonds. The number of carbonyl (C=O) groups excluding carboxylic acids is 1. The summed E-state index contributed by atoms with van der Waals surface area (Å²) in [6.07, 6.45) is 1.78. The molecule has 0 radical (unpaired) electrons. The van der Waals surface area contributed by atoms with Crippen LogP contribution in [0.3, 0.4) is 0 Å². The average Bonchev–Trinajstić information content (AvgIpc) is 2.06. The number of halogens is 1. The highest BCUT2D eigenvalue weighted by Crippen LogP contribution is 2.42. The molecule has 1 aliphatic rings. The largest absolute Gasteiger partial charge is 0.444 e. The smallest absolute Gasteiger partial charge is 0.408 e. The van der Waals surface area contributed by atoms with Crippen molar-refractivity contribution in [1.29, 1.82) is 0 Å². The summed E-state index contributed by atoms with van der Waals surface area (Å²) in [4.78, 5) is 12.0. The van der Waals surface area contributed by atoms with Gasteiger partial charge in [0.05, 0.1) is 5.54 Å². The lowest BCUT2D eigenvalue weighted by molar-refractivity contribution is 0.0384. The second kappa shape index (κ2) is 5.74. The molecular weight excluding hydrogens is 297 g/mol. The summed E-state index contributed by atoms with van der Waals surface area (Å²) in [6, 6.07) is 0. The number of alkyl carbamates (subject to hydrolysis) is 1. The predicted octanol–water partition coefficient (Wildman–Crippen LogP) is 3.15. The van der Waals surface area contributed by atoms with Crippen molar-refractivity contribution < 1.29 is 21.8 Å². The Morgan fingerprint density at radius 3 is 2.29 bits per heavy atom. The molecule has 21 heavy (non-hydrogen) atoms. The third-order valence-corrected chi connectivity index (χ3v) is 4.44. The first kappa shape index (κ1) is 18.2. The minimum atomic E-state index is -4.69. The van der Waals surface area contributed by atoms with Crippen molar-refractivity contribution in [2.24, 2.45) is 5.41 Å². The number of ether oxygens (including phenoxy) is 1. The molecule has 0 aromatic rings. The molecule has 1 fully saturated rings. The van der Waals surface area contributed by atoms with Crippen LogP contribution in [-0.2, 0) is 15.0 Å². The molecule has 1 rings (SSSR count). The van der Waals surface area contributed by atoms with Crippen LogP contribution in [-0.4, -0.2) is 31.4 Å². The van der Waals surface area contributed by atoms with Crippen LogP contribution in [0.2, 0.25) is 0 Å². The maximum Gasteiger partial charge on any atom is 0.408 e. The van der Waals surface area contributed by atoms with Gasteiger partial charge in [-0.25, -0.2) is 4.79 Å². The molecule has 1 unspecified atom stereocenters. The SMILES string of the molecule is CC1(C)CCCC(CS(=O)(=O)F)(NC(=O)OC(C)(C)C)C1. The molecular formula is C14H26FNO4S. The number of hydrogen-bond acceptors (Lipinski definition) is 4. The van der Waals surface area contributed by atoms with Crippen LogP contribution in [0.15, 0.2) is 0 Å². The van der Waals surface area contributed by atoms with Gasteiger partial charge in [0.2, 0.25) is 0 Å². The monoisotopic (exact) mass is 323 g/mol. The first-order chi connectivity index (χ1) is 9.22. The molecule has 124 valence electrons. The number of rotatable bonds is 3. The lowest BCUT2D eigenvalue weighted by atomic mass is 9.69. The fourth-order valence-electron chi connectivity index (χ4n) is 3.11. The van der Waals surface area contributed by atoms with Gasteiger partial charge < -0.3 is 10.1 Å². The maximum absolute atomic E-state index is 13.2. The van der Waals surface area contributed by atoms with E-state index >= 15 is 0 Å². The summed E-state index contributed by atoms with van der Waals surface area (Å²) in [5, 5.41) is 2.62. The predicted molar refractivity (Wildman–Crippen MR) is 79.2 cm³/mol. The van der Waals surface area contributed by atoms with Crippen molar-refractivity contribution in [2.45, 2.75) is 71.4 Å². The van der Waals surface area contributed by atoms with E-state index in [2.05, 4.69) is 5.32 Å². The van der Waals surface area contributed by atoms with E-state index in [1.807, 2.05) is 13.8 Å². The van der Waals surface area contributed by atoms with Gasteiger partial charge in [0.15, 0.2) is 0 Å². The molecule has 5 nitrogen and oxygen atoms in total. The van der Waals surface area contributed by atoms with Crippen LogP contribution in [0.5, 0.6) is 0 Å². The molecule has 1 saturated carbocycles. The lowest BCUT2D eigenvalue weighted by Gasteiger charge is -2.44. The topological polar surface area (TPSA) is 72.5 Å². The Morgan fingerprint density at radius 1 is 1.29 bits per heavy atom. The number of nitrogens with one attached hydrogen (secondary N) is 1. The van der Waals surface area contributed by atoms with E-state index < -0.39 is 33.2 Å². The molecule has 0 bridgehead atoms. The maximum atomic E-state index is 13.2. The van der Waals surface area contributed by atoms with E-state index in [4.69, 9.17) is 4.74 Å². The van der Waals surface area contributed by atoms with E-state index in [1.165, 1.54) is 0 Å². The van der Waals surface area contributed by atoms with Gasteiger partial charge in [0.1, 0.15) is 11.4 Å². The van der Waals surface area contributed by atoms with Crippen LogP contribution in [0.25, 0.3) is 0 Å². The Balaban J connectivity index is 2.95. The van der Waals surface area contributed by atoms with E-state index in [-0.39, 0.29) is 5.41 Å². The minimum absolute atomic E-state index is 0.155. The second-order valence-electron chi connectivity index (χ2n) is 7.78. The zero-order chi connectivity index (χ0) is 16.5. The molecule has 0 aromatic carbocycles. The van der Waals surface area contributed by atoms with E-state index in [0.717, 1.165) is 12.8 Å². The van der Waals surface area contributed by atoms with Crippen molar-refractivity contribution in [3.63, 3.8) is 0 Å². The molecule has 0 saturated heterocycles. The van der Waals surface area contributed by atoms with Crippen LogP contribution >= 0.6 is 0 Å². The van der Waals surface area contributed by atoms with Gasteiger partial charge in [0.25, 0.3) is 0 Å². The molecule has 1 atom stereocenters. The fraction of sp³-hybridized carbons (Fsp3) is 0.929.